The van der Waals surface area contributed by atoms with Crippen LogP contribution in [0.3, 0.4) is 0 Å². The van der Waals surface area contributed by atoms with Crippen molar-refractivity contribution in [1.29, 1.82) is 0 Å². The molecular weight excluding hydrogens is 319 g/mol. The van der Waals surface area contributed by atoms with E-state index in [1.165, 1.54) is 6.07 Å². The summed E-state index contributed by atoms with van der Waals surface area (Å²) in [5.41, 5.74) is 2.82. The van der Waals surface area contributed by atoms with Crippen LogP contribution in [-0.4, -0.2) is 34.5 Å². The highest BCUT2D eigenvalue weighted by Crippen LogP contribution is 2.35. The van der Waals surface area contributed by atoms with Gasteiger partial charge in [0, 0.05) is 42.1 Å². The highest BCUT2D eigenvalue weighted by atomic mass is 19.1. The Labute approximate surface area is 146 Å². The van der Waals surface area contributed by atoms with Crippen molar-refractivity contribution in [2.75, 3.05) is 24.6 Å². The molecule has 3 heterocycles. The van der Waals surface area contributed by atoms with Gasteiger partial charge in [-0.25, -0.2) is 9.37 Å². The van der Waals surface area contributed by atoms with Crippen molar-refractivity contribution in [3.8, 4) is 0 Å². The van der Waals surface area contributed by atoms with Crippen LogP contribution in [0.15, 0.2) is 36.7 Å². The minimum absolute atomic E-state index is 0.286. The number of morpholine rings is 1. The van der Waals surface area contributed by atoms with E-state index in [-0.39, 0.29) is 5.82 Å². The summed E-state index contributed by atoms with van der Waals surface area (Å²) in [6.07, 6.45) is 3.83. The molecule has 1 aromatic carbocycles. The zero-order chi connectivity index (χ0) is 17.6. The SMILES string of the molecule is Cc1cc(N2CCOC(C)(c3cnn(C)c3)C2)c2cccc(F)c2n1. The van der Waals surface area contributed by atoms with Crippen molar-refractivity contribution in [3.63, 3.8) is 0 Å². The molecule has 2 aromatic heterocycles. The first kappa shape index (κ1) is 16.0. The van der Waals surface area contributed by atoms with Gasteiger partial charge in [0.2, 0.25) is 0 Å². The van der Waals surface area contributed by atoms with E-state index in [1.807, 2.05) is 38.5 Å². The van der Waals surface area contributed by atoms with E-state index >= 15 is 0 Å². The topological polar surface area (TPSA) is 43.2 Å². The minimum atomic E-state index is -0.455. The summed E-state index contributed by atoms with van der Waals surface area (Å²) in [7, 11) is 1.90. The van der Waals surface area contributed by atoms with E-state index in [2.05, 4.69) is 21.9 Å². The second kappa shape index (κ2) is 5.81. The van der Waals surface area contributed by atoms with Crippen LogP contribution in [0.4, 0.5) is 10.1 Å². The van der Waals surface area contributed by atoms with E-state index in [0.717, 1.165) is 28.9 Å². The molecule has 0 spiro atoms. The normalized spacial score (nSPS) is 21.0. The van der Waals surface area contributed by atoms with Crippen molar-refractivity contribution in [2.45, 2.75) is 19.4 Å². The molecule has 3 aromatic rings. The van der Waals surface area contributed by atoms with Crippen molar-refractivity contribution >= 4 is 16.6 Å². The number of benzene rings is 1. The fourth-order valence-corrected chi connectivity index (χ4v) is 3.53. The molecular formula is C19H21FN4O. The van der Waals surface area contributed by atoms with Crippen molar-refractivity contribution in [3.05, 3.63) is 53.7 Å². The molecule has 5 nitrogen and oxygen atoms in total. The Kier molecular flexibility index (Phi) is 3.72. The molecule has 0 N–H and O–H groups in total. The third-order valence-corrected chi connectivity index (χ3v) is 4.83. The molecule has 0 radical (unpaired) electrons. The number of rotatable bonds is 2. The fraction of sp³-hybridized carbons (Fsp3) is 0.368. The molecule has 25 heavy (non-hydrogen) atoms. The molecule has 0 saturated carbocycles. The Balaban J connectivity index is 1.77. The largest absolute Gasteiger partial charge is 0.367 e. The maximum atomic E-state index is 14.2. The first-order chi connectivity index (χ1) is 12.0. The Bertz CT molecular complexity index is 938. The fourth-order valence-electron chi connectivity index (χ4n) is 3.53. The molecule has 0 bridgehead atoms. The summed E-state index contributed by atoms with van der Waals surface area (Å²) in [4.78, 5) is 6.64. The van der Waals surface area contributed by atoms with Crippen molar-refractivity contribution in [1.82, 2.24) is 14.8 Å². The smallest absolute Gasteiger partial charge is 0.149 e. The zero-order valence-electron chi connectivity index (χ0n) is 14.7. The van der Waals surface area contributed by atoms with E-state index in [1.54, 1.807) is 10.7 Å². The summed E-state index contributed by atoms with van der Waals surface area (Å²) in [5, 5.41) is 5.10. The Morgan fingerprint density at radius 1 is 1.32 bits per heavy atom. The third-order valence-electron chi connectivity index (χ3n) is 4.83. The number of pyridine rings is 1. The first-order valence-electron chi connectivity index (χ1n) is 8.40. The maximum absolute atomic E-state index is 14.2. The van der Waals surface area contributed by atoms with E-state index < -0.39 is 5.60 Å². The van der Waals surface area contributed by atoms with Crippen LogP contribution in [0, 0.1) is 12.7 Å². The third kappa shape index (κ3) is 2.76. The monoisotopic (exact) mass is 340 g/mol. The lowest BCUT2D eigenvalue weighted by atomic mass is 9.96. The predicted octanol–water partition coefficient (Wildman–Crippen LogP) is 3.17. The molecule has 0 aliphatic carbocycles. The van der Waals surface area contributed by atoms with E-state index in [4.69, 9.17) is 4.74 Å². The zero-order valence-corrected chi connectivity index (χ0v) is 14.7. The highest BCUT2D eigenvalue weighted by Gasteiger charge is 2.35. The predicted molar refractivity (Wildman–Crippen MR) is 95.2 cm³/mol. The van der Waals surface area contributed by atoms with Crippen LogP contribution in [0.2, 0.25) is 0 Å². The van der Waals surface area contributed by atoms with Gasteiger partial charge in [0.1, 0.15) is 16.9 Å². The average molecular weight is 340 g/mol. The lowest BCUT2D eigenvalue weighted by Crippen LogP contribution is -2.48. The van der Waals surface area contributed by atoms with Gasteiger partial charge in [0.25, 0.3) is 0 Å². The van der Waals surface area contributed by atoms with Crippen LogP contribution in [-0.2, 0) is 17.4 Å². The lowest BCUT2D eigenvalue weighted by Gasteiger charge is -2.41. The maximum Gasteiger partial charge on any atom is 0.149 e. The van der Waals surface area contributed by atoms with Gasteiger partial charge in [-0.15, -0.1) is 0 Å². The number of halogens is 1. The molecule has 4 rings (SSSR count). The van der Waals surface area contributed by atoms with Gasteiger partial charge in [-0.05, 0) is 26.0 Å². The molecule has 0 amide bonds. The number of hydrogen-bond donors (Lipinski definition) is 0. The quantitative estimate of drug-likeness (QED) is 0.719. The summed E-state index contributed by atoms with van der Waals surface area (Å²) in [6.45, 7) is 6.01. The van der Waals surface area contributed by atoms with Crippen LogP contribution >= 0.6 is 0 Å². The molecule has 1 aliphatic rings. The highest BCUT2D eigenvalue weighted by molar-refractivity contribution is 5.92. The summed E-state index contributed by atoms with van der Waals surface area (Å²) in [5.74, 6) is -0.286. The van der Waals surface area contributed by atoms with Gasteiger partial charge >= 0.3 is 0 Å². The summed E-state index contributed by atoms with van der Waals surface area (Å²) in [6, 6.07) is 7.14. The van der Waals surface area contributed by atoms with Gasteiger partial charge < -0.3 is 9.64 Å². The first-order valence-corrected chi connectivity index (χ1v) is 8.40. The standard InChI is InChI=1S/C19H21FN4O/c1-13-9-17(15-5-4-6-16(20)18(15)22-13)24-7-8-25-19(2,12-24)14-10-21-23(3)11-14/h4-6,9-11H,7-8,12H2,1-3H3. The molecule has 1 aliphatic heterocycles. The molecule has 1 unspecified atom stereocenters. The number of fused-ring (bicyclic) bond motifs is 1. The number of aromatic nitrogens is 3. The Morgan fingerprint density at radius 2 is 2.16 bits per heavy atom. The van der Waals surface area contributed by atoms with Gasteiger partial charge in [-0.1, -0.05) is 12.1 Å². The van der Waals surface area contributed by atoms with Gasteiger partial charge in [0.05, 0.1) is 19.3 Å². The van der Waals surface area contributed by atoms with Gasteiger partial charge in [-0.2, -0.15) is 5.10 Å². The van der Waals surface area contributed by atoms with Gasteiger partial charge in [0.15, 0.2) is 0 Å². The summed E-state index contributed by atoms with van der Waals surface area (Å²) >= 11 is 0. The number of aryl methyl sites for hydroxylation is 2. The van der Waals surface area contributed by atoms with Crippen LogP contribution in [0.5, 0.6) is 0 Å². The van der Waals surface area contributed by atoms with Crippen LogP contribution < -0.4 is 4.90 Å². The van der Waals surface area contributed by atoms with E-state index in [0.29, 0.717) is 18.7 Å². The lowest BCUT2D eigenvalue weighted by molar-refractivity contribution is -0.0465. The molecule has 1 saturated heterocycles. The Morgan fingerprint density at radius 3 is 2.92 bits per heavy atom. The number of anilines is 1. The number of para-hydroxylation sites is 1. The Hall–Kier alpha value is -2.47. The van der Waals surface area contributed by atoms with E-state index in [9.17, 15) is 4.39 Å². The summed E-state index contributed by atoms with van der Waals surface area (Å²) < 4.78 is 22.1. The number of hydrogen-bond acceptors (Lipinski definition) is 4. The van der Waals surface area contributed by atoms with Crippen LogP contribution in [0.25, 0.3) is 10.9 Å². The molecule has 6 heteroatoms. The molecule has 1 atom stereocenters. The second-order valence-electron chi connectivity index (χ2n) is 6.82. The van der Waals surface area contributed by atoms with Crippen molar-refractivity contribution in [2.24, 2.45) is 7.05 Å². The minimum Gasteiger partial charge on any atom is -0.367 e. The molecule has 130 valence electrons. The van der Waals surface area contributed by atoms with Crippen LogP contribution in [0.1, 0.15) is 18.2 Å². The average Bonchev–Trinajstić information content (AvgIpc) is 3.03. The second-order valence-corrected chi connectivity index (χ2v) is 6.82. The number of nitrogens with zero attached hydrogens (tertiary/aromatic N) is 4. The van der Waals surface area contributed by atoms with Gasteiger partial charge in [-0.3, -0.25) is 4.68 Å². The number of ether oxygens (including phenoxy) is 1. The van der Waals surface area contributed by atoms with Crippen molar-refractivity contribution < 1.29 is 9.13 Å². The molecule has 1 fully saturated rings.